The van der Waals surface area contributed by atoms with Crippen molar-refractivity contribution in [3.05, 3.63) is 21.9 Å². The SMILES string of the molecule is CN(C)c1noc(Cn2cc(I)cn2)n1. The summed E-state index contributed by atoms with van der Waals surface area (Å²) in [7, 11) is 3.73. The van der Waals surface area contributed by atoms with E-state index in [0.717, 1.165) is 3.57 Å². The number of anilines is 1. The molecule has 0 bridgehead atoms. The van der Waals surface area contributed by atoms with E-state index in [4.69, 9.17) is 4.52 Å². The molecule has 7 heteroatoms. The summed E-state index contributed by atoms with van der Waals surface area (Å²) in [6.07, 6.45) is 3.70. The molecule has 0 aliphatic carbocycles. The normalized spacial score (nSPS) is 10.6. The Kier molecular flexibility index (Phi) is 2.89. The minimum absolute atomic E-state index is 0.504. The van der Waals surface area contributed by atoms with E-state index in [1.54, 1.807) is 15.8 Å². The van der Waals surface area contributed by atoms with Gasteiger partial charge in [0.2, 0.25) is 5.89 Å². The minimum Gasteiger partial charge on any atom is -0.344 e. The van der Waals surface area contributed by atoms with Crippen molar-refractivity contribution in [1.29, 1.82) is 0 Å². The van der Waals surface area contributed by atoms with Gasteiger partial charge in [0.15, 0.2) is 0 Å². The third-order valence-corrected chi connectivity index (χ3v) is 2.31. The van der Waals surface area contributed by atoms with Crippen LogP contribution < -0.4 is 4.90 Å². The predicted octanol–water partition coefficient (Wildman–Crippen LogP) is 0.985. The molecule has 0 aromatic carbocycles. The van der Waals surface area contributed by atoms with Crippen molar-refractivity contribution in [3.8, 4) is 0 Å². The fourth-order valence-electron chi connectivity index (χ4n) is 1.06. The Hall–Kier alpha value is -1.12. The highest BCUT2D eigenvalue weighted by Gasteiger charge is 2.08. The van der Waals surface area contributed by atoms with E-state index in [-0.39, 0.29) is 0 Å². The molecule has 0 saturated heterocycles. The van der Waals surface area contributed by atoms with Gasteiger partial charge in [0.25, 0.3) is 5.95 Å². The van der Waals surface area contributed by atoms with Crippen LogP contribution in [0.1, 0.15) is 5.89 Å². The number of hydrogen-bond donors (Lipinski definition) is 0. The average molecular weight is 319 g/mol. The summed E-state index contributed by atoms with van der Waals surface area (Å²) in [5.41, 5.74) is 0. The molecule has 0 aliphatic heterocycles. The molecule has 0 radical (unpaired) electrons. The minimum atomic E-state index is 0.504. The number of aromatic nitrogens is 4. The lowest BCUT2D eigenvalue weighted by molar-refractivity contribution is 0.365. The van der Waals surface area contributed by atoms with Crippen LogP contribution in [0.3, 0.4) is 0 Å². The summed E-state index contributed by atoms with van der Waals surface area (Å²) in [5.74, 6) is 1.13. The second-order valence-corrected chi connectivity index (χ2v) is 4.48. The molecule has 80 valence electrons. The zero-order chi connectivity index (χ0) is 10.8. The maximum atomic E-state index is 5.07. The van der Waals surface area contributed by atoms with Crippen LogP contribution in [0.4, 0.5) is 5.95 Å². The molecular formula is C8H10IN5O. The lowest BCUT2D eigenvalue weighted by atomic mass is 10.6. The molecule has 0 spiro atoms. The van der Waals surface area contributed by atoms with Gasteiger partial charge in [-0.3, -0.25) is 4.68 Å². The maximum Gasteiger partial charge on any atom is 0.265 e. The van der Waals surface area contributed by atoms with Gasteiger partial charge in [0.1, 0.15) is 6.54 Å². The van der Waals surface area contributed by atoms with Crippen LogP contribution in [-0.2, 0) is 6.54 Å². The van der Waals surface area contributed by atoms with Gasteiger partial charge in [0, 0.05) is 20.3 Å². The molecule has 2 rings (SSSR count). The molecule has 0 N–H and O–H groups in total. The van der Waals surface area contributed by atoms with Crippen molar-refractivity contribution in [1.82, 2.24) is 19.9 Å². The molecule has 6 nitrogen and oxygen atoms in total. The van der Waals surface area contributed by atoms with Crippen molar-refractivity contribution in [2.45, 2.75) is 6.54 Å². The molecule has 2 aromatic heterocycles. The van der Waals surface area contributed by atoms with Gasteiger partial charge < -0.3 is 9.42 Å². The summed E-state index contributed by atoms with van der Waals surface area (Å²) in [5, 5.41) is 7.95. The van der Waals surface area contributed by atoms with Crippen molar-refractivity contribution in [3.63, 3.8) is 0 Å². The van der Waals surface area contributed by atoms with Gasteiger partial charge >= 0.3 is 0 Å². The van der Waals surface area contributed by atoms with Gasteiger partial charge in [0.05, 0.1) is 9.77 Å². The highest BCUT2D eigenvalue weighted by atomic mass is 127. The highest BCUT2D eigenvalue weighted by Crippen LogP contribution is 2.08. The number of halogens is 1. The largest absolute Gasteiger partial charge is 0.344 e. The van der Waals surface area contributed by atoms with Gasteiger partial charge in [-0.2, -0.15) is 10.1 Å². The molecule has 0 amide bonds. The summed E-state index contributed by atoms with van der Waals surface area (Å²) >= 11 is 2.20. The van der Waals surface area contributed by atoms with Gasteiger partial charge in [-0.1, -0.05) is 0 Å². The molecule has 2 aromatic rings. The van der Waals surface area contributed by atoms with Crippen LogP contribution >= 0.6 is 22.6 Å². The van der Waals surface area contributed by atoms with Crippen LogP contribution in [-0.4, -0.2) is 34.0 Å². The van der Waals surface area contributed by atoms with Crippen LogP contribution in [0.5, 0.6) is 0 Å². The average Bonchev–Trinajstić information content (AvgIpc) is 2.76. The van der Waals surface area contributed by atoms with E-state index < -0.39 is 0 Å². The molecule has 0 aliphatic rings. The monoisotopic (exact) mass is 319 g/mol. The number of nitrogens with zero attached hydrogens (tertiary/aromatic N) is 5. The first-order valence-electron chi connectivity index (χ1n) is 4.33. The Morgan fingerprint density at radius 1 is 1.53 bits per heavy atom. The van der Waals surface area contributed by atoms with E-state index in [1.807, 2.05) is 20.3 Å². The molecular weight excluding hydrogens is 309 g/mol. The van der Waals surface area contributed by atoms with Crippen LogP contribution in [0.25, 0.3) is 0 Å². The fraction of sp³-hybridized carbons (Fsp3) is 0.375. The predicted molar refractivity (Wildman–Crippen MR) is 62.7 cm³/mol. The van der Waals surface area contributed by atoms with E-state index >= 15 is 0 Å². The third kappa shape index (κ3) is 2.46. The summed E-state index contributed by atoms with van der Waals surface area (Å²) < 4.78 is 7.92. The van der Waals surface area contributed by atoms with Gasteiger partial charge in [-0.15, -0.1) is 0 Å². The first-order valence-corrected chi connectivity index (χ1v) is 5.41. The van der Waals surface area contributed by atoms with Gasteiger partial charge in [-0.05, 0) is 27.7 Å². The first-order chi connectivity index (χ1) is 7.15. The lowest BCUT2D eigenvalue weighted by Gasteiger charge is -2.02. The standard InChI is InChI=1S/C8H10IN5O/c1-13(2)8-11-7(15-12-8)5-14-4-6(9)3-10-14/h3-4H,5H2,1-2H3. The molecule has 15 heavy (non-hydrogen) atoms. The van der Waals surface area contributed by atoms with E-state index in [1.165, 1.54) is 0 Å². The van der Waals surface area contributed by atoms with Crippen LogP contribution in [0.15, 0.2) is 16.9 Å². The summed E-state index contributed by atoms with van der Waals surface area (Å²) in [6, 6.07) is 0. The third-order valence-electron chi connectivity index (χ3n) is 1.76. The smallest absolute Gasteiger partial charge is 0.265 e. The molecule has 0 atom stereocenters. The second-order valence-electron chi connectivity index (χ2n) is 3.24. The number of hydrogen-bond acceptors (Lipinski definition) is 5. The van der Waals surface area contributed by atoms with Crippen molar-refractivity contribution in [2.24, 2.45) is 0 Å². The van der Waals surface area contributed by atoms with Crippen molar-refractivity contribution >= 4 is 28.5 Å². The first kappa shape index (κ1) is 10.4. The quantitative estimate of drug-likeness (QED) is 0.790. The van der Waals surface area contributed by atoms with E-state index in [0.29, 0.717) is 18.4 Å². The topological polar surface area (TPSA) is 60.0 Å². The molecule has 0 saturated carbocycles. The zero-order valence-electron chi connectivity index (χ0n) is 8.38. The molecule has 2 heterocycles. The Morgan fingerprint density at radius 2 is 2.33 bits per heavy atom. The Balaban J connectivity index is 2.11. The zero-order valence-corrected chi connectivity index (χ0v) is 10.5. The summed E-state index contributed by atoms with van der Waals surface area (Å²) in [4.78, 5) is 5.99. The summed E-state index contributed by atoms with van der Waals surface area (Å²) in [6.45, 7) is 0.504. The van der Waals surface area contributed by atoms with Crippen LogP contribution in [0, 0.1) is 3.57 Å². The molecule has 0 fully saturated rings. The Morgan fingerprint density at radius 3 is 2.87 bits per heavy atom. The van der Waals surface area contributed by atoms with Gasteiger partial charge in [-0.25, -0.2) is 0 Å². The van der Waals surface area contributed by atoms with Crippen LogP contribution in [0.2, 0.25) is 0 Å². The fourth-order valence-corrected chi connectivity index (χ4v) is 1.50. The van der Waals surface area contributed by atoms with E-state index in [2.05, 4.69) is 37.8 Å². The van der Waals surface area contributed by atoms with Crippen molar-refractivity contribution < 1.29 is 4.52 Å². The highest BCUT2D eigenvalue weighted by molar-refractivity contribution is 14.1. The Bertz CT molecular complexity index is 449. The van der Waals surface area contributed by atoms with Crippen molar-refractivity contribution in [2.75, 3.05) is 19.0 Å². The second kappa shape index (κ2) is 4.17. The molecule has 0 unspecified atom stereocenters. The number of rotatable bonds is 3. The Labute approximate surface area is 100 Å². The lowest BCUT2D eigenvalue weighted by Crippen LogP contribution is -2.10. The van der Waals surface area contributed by atoms with E-state index in [9.17, 15) is 0 Å². The maximum absolute atomic E-state index is 5.07.